The van der Waals surface area contributed by atoms with Gasteiger partial charge in [0.05, 0.1) is 17.2 Å². The molecular weight excluding hydrogens is 306 g/mol. The summed E-state index contributed by atoms with van der Waals surface area (Å²) >= 11 is 3.37. The molecule has 1 N–H and O–H groups in total. The highest BCUT2D eigenvalue weighted by Gasteiger charge is 2.41. The molecule has 0 radical (unpaired) electrons. The summed E-state index contributed by atoms with van der Waals surface area (Å²) in [4.78, 5) is 2.17. The maximum atomic E-state index is 12.3. The van der Waals surface area contributed by atoms with Crippen molar-refractivity contribution >= 4 is 31.5 Å². The molecule has 0 saturated heterocycles. The van der Waals surface area contributed by atoms with E-state index in [0.29, 0.717) is 5.69 Å². The first-order chi connectivity index (χ1) is 7.91. The lowest BCUT2D eigenvalue weighted by molar-refractivity contribution is 0.276. The molecular formula is C11H14BrNO3S. The first-order valence-corrected chi connectivity index (χ1v) is 7.61. The fraction of sp³-hybridized carbons (Fsp3) is 0.455. The molecule has 2 unspecified atom stereocenters. The second-order valence-corrected chi connectivity index (χ2v) is 7.19. The minimum absolute atomic E-state index is 0.254. The lowest BCUT2D eigenvalue weighted by Crippen LogP contribution is -2.49. The number of benzene rings is 1. The Morgan fingerprint density at radius 1 is 1.47 bits per heavy atom. The molecule has 0 spiro atoms. The maximum absolute atomic E-state index is 12.3. The van der Waals surface area contributed by atoms with Crippen molar-refractivity contribution in [1.82, 2.24) is 0 Å². The van der Waals surface area contributed by atoms with Crippen LogP contribution in [-0.2, 0) is 9.84 Å². The molecule has 0 aromatic heterocycles. The highest BCUT2D eigenvalue weighted by molar-refractivity contribution is 9.10. The lowest BCUT2D eigenvalue weighted by Gasteiger charge is -2.39. The fourth-order valence-corrected chi connectivity index (χ4v) is 4.99. The Hall–Kier alpha value is -0.590. The van der Waals surface area contributed by atoms with Crippen molar-refractivity contribution in [2.75, 3.05) is 18.6 Å². The maximum Gasteiger partial charge on any atom is 0.187 e. The Balaban J connectivity index is 2.75. The number of hydrogen-bond acceptors (Lipinski definition) is 4. The van der Waals surface area contributed by atoms with Crippen molar-refractivity contribution in [2.24, 2.45) is 0 Å². The normalized spacial score (nSPS) is 26.7. The summed E-state index contributed by atoms with van der Waals surface area (Å²) in [5.74, 6) is 0. The van der Waals surface area contributed by atoms with E-state index < -0.39 is 15.1 Å². The number of aliphatic hydroxyl groups excluding tert-OH is 1. The summed E-state index contributed by atoms with van der Waals surface area (Å²) in [6.07, 6.45) is 0. The summed E-state index contributed by atoms with van der Waals surface area (Å²) < 4.78 is 25.4. The molecule has 2 atom stereocenters. The molecule has 17 heavy (non-hydrogen) atoms. The Bertz CT molecular complexity index is 544. The van der Waals surface area contributed by atoms with E-state index in [2.05, 4.69) is 15.9 Å². The van der Waals surface area contributed by atoms with E-state index in [1.165, 1.54) is 0 Å². The van der Waals surface area contributed by atoms with Crippen LogP contribution in [0.25, 0.3) is 0 Å². The average Bonchev–Trinajstić information content (AvgIpc) is 2.26. The van der Waals surface area contributed by atoms with Crippen molar-refractivity contribution in [1.29, 1.82) is 0 Å². The van der Waals surface area contributed by atoms with Gasteiger partial charge >= 0.3 is 0 Å². The van der Waals surface area contributed by atoms with Crippen LogP contribution in [0.4, 0.5) is 5.69 Å². The number of para-hydroxylation sites is 1. The predicted octanol–water partition coefficient (Wildman–Crippen LogP) is 1.42. The van der Waals surface area contributed by atoms with Crippen LogP contribution >= 0.6 is 15.9 Å². The van der Waals surface area contributed by atoms with E-state index in [1.54, 1.807) is 19.1 Å². The zero-order chi connectivity index (χ0) is 12.8. The summed E-state index contributed by atoms with van der Waals surface area (Å²) in [6.45, 7) is 1.45. The summed E-state index contributed by atoms with van der Waals surface area (Å²) in [7, 11) is -1.62. The van der Waals surface area contributed by atoms with Crippen molar-refractivity contribution in [3.63, 3.8) is 0 Å². The van der Waals surface area contributed by atoms with Crippen molar-refractivity contribution in [3.8, 4) is 0 Å². The monoisotopic (exact) mass is 319 g/mol. The van der Waals surface area contributed by atoms with Gasteiger partial charge in [0.2, 0.25) is 0 Å². The van der Waals surface area contributed by atoms with Gasteiger partial charge in [-0.05, 0) is 35.0 Å². The van der Waals surface area contributed by atoms with Gasteiger partial charge < -0.3 is 10.0 Å². The van der Waals surface area contributed by atoms with Crippen LogP contribution in [0.3, 0.4) is 0 Å². The molecule has 1 heterocycles. The molecule has 1 aliphatic heterocycles. The van der Waals surface area contributed by atoms with Crippen LogP contribution in [0, 0.1) is 0 Å². The fourth-order valence-electron chi connectivity index (χ4n) is 2.19. The molecule has 0 amide bonds. The quantitative estimate of drug-likeness (QED) is 0.850. The smallest absolute Gasteiger partial charge is 0.187 e. The third-order valence-corrected chi connectivity index (χ3v) is 6.26. The largest absolute Gasteiger partial charge is 0.395 e. The Morgan fingerprint density at radius 3 is 2.71 bits per heavy atom. The number of rotatable bonds is 1. The van der Waals surface area contributed by atoms with Gasteiger partial charge in [0.1, 0.15) is 5.25 Å². The molecule has 2 rings (SSSR count). The van der Waals surface area contributed by atoms with E-state index in [0.717, 1.165) is 4.47 Å². The van der Waals surface area contributed by atoms with Gasteiger partial charge in [-0.25, -0.2) is 8.42 Å². The van der Waals surface area contributed by atoms with Gasteiger partial charge in [0, 0.05) is 17.6 Å². The average molecular weight is 320 g/mol. The second-order valence-electron chi connectivity index (χ2n) is 4.20. The Labute approximate surface area is 109 Å². The lowest BCUT2D eigenvalue weighted by atomic mass is 10.1. The molecule has 1 aliphatic rings. The van der Waals surface area contributed by atoms with Crippen LogP contribution in [-0.4, -0.2) is 38.5 Å². The van der Waals surface area contributed by atoms with Gasteiger partial charge in [-0.2, -0.15) is 0 Å². The van der Waals surface area contributed by atoms with E-state index >= 15 is 0 Å². The third kappa shape index (κ3) is 1.78. The van der Waals surface area contributed by atoms with Crippen LogP contribution in [0.1, 0.15) is 6.92 Å². The zero-order valence-corrected chi connectivity index (χ0v) is 12.0. The zero-order valence-electron chi connectivity index (χ0n) is 9.59. The highest BCUT2D eigenvalue weighted by Crippen LogP contribution is 2.40. The van der Waals surface area contributed by atoms with E-state index in [9.17, 15) is 13.5 Å². The summed E-state index contributed by atoms with van der Waals surface area (Å²) in [5, 5.41) is 8.52. The molecule has 6 heteroatoms. The number of nitrogens with zero attached hydrogens (tertiary/aromatic N) is 1. The Morgan fingerprint density at radius 2 is 2.12 bits per heavy atom. The number of hydrogen-bond donors (Lipinski definition) is 1. The first kappa shape index (κ1) is 12.9. The van der Waals surface area contributed by atoms with Crippen LogP contribution < -0.4 is 4.90 Å². The van der Waals surface area contributed by atoms with Crippen molar-refractivity contribution < 1.29 is 13.5 Å². The van der Waals surface area contributed by atoms with E-state index in [-0.39, 0.29) is 17.5 Å². The summed E-state index contributed by atoms with van der Waals surface area (Å²) in [6, 6.07) is 4.84. The van der Waals surface area contributed by atoms with Crippen LogP contribution in [0.5, 0.6) is 0 Å². The standard InChI is InChI=1S/C11H14BrNO3S/c1-7-10(6-14)17(15,16)9-5-3-4-8(12)11(9)13(7)2/h3-5,7,10,14H,6H2,1-2H3. The van der Waals surface area contributed by atoms with Crippen LogP contribution in [0.2, 0.25) is 0 Å². The molecule has 4 nitrogen and oxygen atoms in total. The Kier molecular flexibility index (Phi) is 3.22. The number of sulfone groups is 1. The molecule has 0 saturated carbocycles. The van der Waals surface area contributed by atoms with Crippen molar-refractivity contribution in [2.45, 2.75) is 23.1 Å². The van der Waals surface area contributed by atoms with Gasteiger partial charge in [0.15, 0.2) is 9.84 Å². The molecule has 1 aromatic rings. The molecule has 0 aliphatic carbocycles. The number of aliphatic hydroxyl groups is 1. The minimum Gasteiger partial charge on any atom is -0.395 e. The molecule has 1 aromatic carbocycles. The number of halogens is 1. The third-order valence-electron chi connectivity index (χ3n) is 3.34. The van der Waals surface area contributed by atoms with E-state index in [4.69, 9.17) is 0 Å². The van der Waals surface area contributed by atoms with Gasteiger partial charge in [-0.15, -0.1) is 0 Å². The molecule has 0 fully saturated rings. The van der Waals surface area contributed by atoms with Gasteiger partial charge in [-0.1, -0.05) is 6.07 Å². The SMILES string of the molecule is CC1C(CO)S(=O)(=O)c2cccc(Br)c2N1C. The minimum atomic E-state index is -3.46. The topological polar surface area (TPSA) is 57.6 Å². The first-order valence-electron chi connectivity index (χ1n) is 5.27. The number of fused-ring (bicyclic) bond motifs is 1. The van der Waals surface area contributed by atoms with Gasteiger partial charge in [0.25, 0.3) is 0 Å². The highest BCUT2D eigenvalue weighted by atomic mass is 79.9. The van der Waals surface area contributed by atoms with Crippen LogP contribution in [0.15, 0.2) is 27.6 Å². The van der Waals surface area contributed by atoms with Gasteiger partial charge in [-0.3, -0.25) is 0 Å². The molecule has 0 bridgehead atoms. The summed E-state index contributed by atoms with van der Waals surface area (Å²) in [5.41, 5.74) is 0.671. The molecule has 94 valence electrons. The second kappa shape index (κ2) is 4.26. The van der Waals surface area contributed by atoms with Crippen molar-refractivity contribution in [3.05, 3.63) is 22.7 Å². The predicted molar refractivity (Wildman–Crippen MR) is 70.1 cm³/mol. The number of anilines is 1. The van der Waals surface area contributed by atoms with E-state index in [1.807, 2.05) is 18.0 Å².